The number of carbonyl (C=O) groups excluding carboxylic acids is 1. The van der Waals surface area contributed by atoms with Crippen molar-refractivity contribution in [3.63, 3.8) is 0 Å². The van der Waals surface area contributed by atoms with Crippen LogP contribution in [0.4, 0.5) is 5.82 Å². The van der Waals surface area contributed by atoms with E-state index < -0.39 is 5.97 Å². The highest BCUT2D eigenvalue weighted by Crippen LogP contribution is 2.25. The maximum Gasteiger partial charge on any atom is 0.395 e. The smallest absolute Gasteiger partial charge is 0.355 e. The first-order valence-corrected chi connectivity index (χ1v) is 7.74. The second-order valence-electron chi connectivity index (χ2n) is 5.73. The Bertz CT molecular complexity index is 483. The van der Waals surface area contributed by atoms with E-state index in [0.717, 1.165) is 38.8 Å². The highest BCUT2D eigenvalue weighted by Gasteiger charge is 2.24. The van der Waals surface area contributed by atoms with Gasteiger partial charge in [-0.25, -0.2) is 14.8 Å². The molecule has 1 aromatic rings. The summed E-state index contributed by atoms with van der Waals surface area (Å²) in [6, 6.07) is 0. The van der Waals surface area contributed by atoms with Crippen molar-refractivity contribution in [3.05, 3.63) is 18.1 Å². The summed E-state index contributed by atoms with van der Waals surface area (Å²) in [5, 5.41) is 0. The highest BCUT2D eigenvalue weighted by molar-refractivity contribution is 5.92. The zero-order valence-corrected chi connectivity index (χ0v) is 12.2. The van der Waals surface area contributed by atoms with Crippen LogP contribution in [0.5, 0.6) is 0 Å². The number of anilines is 1. The van der Waals surface area contributed by atoms with Gasteiger partial charge >= 0.3 is 5.97 Å². The van der Waals surface area contributed by atoms with Crippen molar-refractivity contribution in [2.75, 3.05) is 24.6 Å². The molecule has 6 nitrogen and oxygen atoms in total. The van der Waals surface area contributed by atoms with Crippen molar-refractivity contribution in [1.29, 1.82) is 0 Å². The summed E-state index contributed by atoms with van der Waals surface area (Å²) in [5.41, 5.74) is 0.242. The second kappa shape index (κ2) is 6.85. The third kappa shape index (κ3) is 3.50. The van der Waals surface area contributed by atoms with Crippen molar-refractivity contribution in [1.82, 2.24) is 9.97 Å². The maximum atomic E-state index is 12.1. The lowest BCUT2D eigenvalue weighted by molar-refractivity contribution is -0.248. The van der Waals surface area contributed by atoms with E-state index in [1.165, 1.54) is 19.0 Å². The molecule has 21 heavy (non-hydrogen) atoms. The van der Waals surface area contributed by atoms with Crippen LogP contribution < -0.4 is 4.90 Å². The molecule has 1 aromatic heterocycles. The molecule has 114 valence electrons. The SMILES string of the molecule is O=C(OOCC1CCCC1)c1nccnc1N1CCCC1. The van der Waals surface area contributed by atoms with Gasteiger partial charge in [-0.1, -0.05) is 12.8 Å². The van der Waals surface area contributed by atoms with Gasteiger partial charge in [-0.3, -0.25) is 4.89 Å². The molecule has 0 N–H and O–H groups in total. The molecule has 0 radical (unpaired) electrons. The Hall–Kier alpha value is -1.69. The molecule has 1 aliphatic heterocycles. The topological polar surface area (TPSA) is 64.5 Å². The summed E-state index contributed by atoms with van der Waals surface area (Å²) in [6.07, 6.45) is 10.1. The molecular formula is C15H21N3O3. The number of hydrogen-bond donors (Lipinski definition) is 0. The summed E-state index contributed by atoms with van der Waals surface area (Å²) in [7, 11) is 0. The molecule has 0 aromatic carbocycles. The van der Waals surface area contributed by atoms with Crippen molar-refractivity contribution < 1.29 is 14.6 Å². The molecule has 2 heterocycles. The third-order valence-corrected chi connectivity index (χ3v) is 4.19. The minimum absolute atomic E-state index is 0.242. The van der Waals surface area contributed by atoms with E-state index >= 15 is 0 Å². The van der Waals surface area contributed by atoms with E-state index in [0.29, 0.717) is 18.3 Å². The predicted molar refractivity (Wildman–Crippen MR) is 76.8 cm³/mol. The Morgan fingerprint density at radius 1 is 1.14 bits per heavy atom. The Labute approximate surface area is 124 Å². The fourth-order valence-electron chi connectivity index (χ4n) is 3.04. The summed E-state index contributed by atoms with van der Waals surface area (Å²) < 4.78 is 0. The first-order valence-electron chi connectivity index (χ1n) is 7.74. The van der Waals surface area contributed by atoms with Crippen molar-refractivity contribution in [3.8, 4) is 0 Å². The number of rotatable bonds is 5. The van der Waals surface area contributed by atoms with Gasteiger partial charge in [0.1, 0.15) is 0 Å². The Morgan fingerprint density at radius 3 is 2.62 bits per heavy atom. The zero-order chi connectivity index (χ0) is 14.5. The van der Waals surface area contributed by atoms with E-state index in [-0.39, 0.29) is 5.69 Å². The van der Waals surface area contributed by atoms with Gasteiger partial charge in [0.2, 0.25) is 0 Å². The largest absolute Gasteiger partial charge is 0.395 e. The molecule has 0 unspecified atom stereocenters. The van der Waals surface area contributed by atoms with Crippen molar-refractivity contribution >= 4 is 11.8 Å². The average Bonchev–Trinajstić information content (AvgIpc) is 3.20. The lowest BCUT2D eigenvalue weighted by Crippen LogP contribution is -2.24. The maximum absolute atomic E-state index is 12.1. The average molecular weight is 291 g/mol. The summed E-state index contributed by atoms with van der Waals surface area (Å²) >= 11 is 0. The van der Waals surface area contributed by atoms with Gasteiger partial charge in [0.15, 0.2) is 11.5 Å². The van der Waals surface area contributed by atoms with Gasteiger partial charge in [-0.15, -0.1) is 0 Å². The lowest BCUT2D eigenvalue weighted by Gasteiger charge is -2.17. The zero-order valence-electron chi connectivity index (χ0n) is 12.2. The predicted octanol–water partition coefficient (Wildman–Crippen LogP) is 2.36. The summed E-state index contributed by atoms with van der Waals surface area (Å²) in [4.78, 5) is 32.6. The van der Waals surface area contributed by atoms with E-state index in [1.54, 1.807) is 6.20 Å². The van der Waals surface area contributed by atoms with Crippen LogP contribution in [0.25, 0.3) is 0 Å². The van der Waals surface area contributed by atoms with Crippen LogP contribution >= 0.6 is 0 Å². The highest BCUT2D eigenvalue weighted by atomic mass is 17.2. The standard InChI is InChI=1S/C15H21N3O3/c19-15(21-20-11-12-5-1-2-6-12)13-14(17-8-7-16-13)18-9-3-4-10-18/h7-8,12H,1-6,9-11H2. The van der Waals surface area contributed by atoms with E-state index in [1.807, 2.05) is 0 Å². The van der Waals surface area contributed by atoms with Crippen molar-refractivity contribution in [2.45, 2.75) is 38.5 Å². The van der Waals surface area contributed by atoms with Gasteiger partial charge in [0, 0.05) is 25.5 Å². The Kier molecular flexibility index (Phi) is 4.65. The normalized spacial score (nSPS) is 19.1. The minimum Gasteiger partial charge on any atom is -0.355 e. The molecule has 6 heteroatoms. The molecule has 1 aliphatic carbocycles. The number of aromatic nitrogens is 2. The molecule has 1 saturated heterocycles. The molecule has 2 aliphatic rings. The van der Waals surface area contributed by atoms with Gasteiger partial charge in [0.05, 0.1) is 6.61 Å². The third-order valence-electron chi connectivity index (χ3n) is 4.19. The summed E-state index contributed by atoms with van der Waals surface area (Å²) in [5.74, 6) is 0.560. The van der Waals surface area contributed by atoms with Gasteiger partial charge < -0.3 is 4.90 Å². The number of carbonyl (C=O) groups is 1. The van der Waals surface area contributed by atoms with E-state index in [4.69, 9.17) is 9.78 Å². The number of nitrogens with zero attached hydrogens (tertiary/aromatic N) is 3. The molecule has 0 spiro atoms. The minimum atomic E-state index is -0.553. The van der Waals surface area contributed by atoms with Crippen LogP contribution in [-0.4, -0.2) is 35.6 Å². The van der Waals surface area contributed by atoms with Crippen LogP contribution in [0.1, 0.15) is 49.0 Å². The summed E-state index contributed by atoms with van der Waals surface area (Å²) in [6.45, 7) is 2.29. The Morgan fingerprint density at radius 2 is 1.86 bits per heavy atom. The quantitative estimate of drug-likeness (QED) is 0.613. The fraction of sp³-hybridized carbons (Fsp3) is 0.667. The molecule has 0 atom stereocenters. The van der Waals surface area contributed by atoms with Gasteiger partial charge in [-0.2, -0.15) is 4.89 Å². The van der Waals surface area contributed by atoms with E-state index in [2.05, 4.69) is 14.9 Å². The monoisotopic (exact) mass is 291 g/mol. The van der Waals surface area contributed by atoms with Gasteiger partial charge in [0.25, 0.3) is 0 Å². The van der Waals surface area contributed by atoms with Crippen LogP contribution in [-0.2, 0) is 9.78 Å². The molecule has 2 fully saturated rings. The molecule has 0 bridgehead atoms. The van der Waals surface area contributed by atoms with Crippen molar-refractivity contribution in [2.24, 2.45) is 5.92 Å². The van der Waals surface area contributed by atoms with Crippen LogP contribution in [0.2, 0.25) is 0 Å². The van der Waals surface area contributed by atoms with Crippen LogP contribution in [0.3, 0.4) is 0 Å². The van der Waals surface area contributed by atoms with Crippen LogP contribution in [0, 0.1) is 5.92 Å². The second-order valence-corrected chi connectivity index (χ2v) is 5.73. The number of hydrogen-bond acceptors (Lipinski definition) is 6. The van der Waals surface area contributed by atoms with Gasteiger partial charge in [-0.05, 0) is 31.6 Å². The molecule has 0 amide bonds. The van der Waals surface area contributed by atoms with Crippen LogP contribution in [0.15, 0.2) is 12.4 Å². The molecule has 1 saturated carbocycles. The lowest BCUT2D eigenvalue weighted by atomic mass is 10.1. The Balaban J connectivity index is 1.58. The molecule has 3 rings (SSSR count). The first-order chi connectivity index (χ1) is 10.3. The first kappa shape index (κ1) is 14.3. The van der Waals surface area contributed by atoms with E-state index in [9.17, 15) is 4.79 Å². The molecular weight excluding hydrogens is 270 g/mol. The fourth-order valence-corrected chi connectivity index (χ4v) is 3.04.